The Labute approximate surface area is 167 Å². The summed E-state index contributed by atoms with van der Waals surface area (Å²) in [6.07, 6.45) is 3.80. The number of nitrogens with zero attached hydrogens (tertiary/aromatic N) is 5. The minimum absolute atomic E-state index is 0.00386. The van der Waals surface area contributed by atoms with Crippen LogP contribution in [0.15, 0.2) is 41.6 Å². The first-order valence-electron chi connectivity index (χ1n) is 7.54. The van der Waals surface area contributed by atoms with Gasteiger partial charge in [-0.3, -0.25) is 9.36 Å². The van der Waals surface area contributed by atoms with Gasteiger partial charge in [-0.15, -0.1) is 0 Å². The van der Waals surface area contributed by atoms with E-state index in [1.165, 1.54) is 35.6 Å². The lowest BCUT2D eigenvalue weighted by atomic mass is 10.3. The number of aromatic nitrogens is 4. The van der Waals surface area contributed by atoms with Crippen molar-refractivity contribution in [1.82, 2.24) is 19.3 Å². The van der Waals surface area contributed by atoms with Gasteiger partial charge in [0.1, 0.15) is 10.8 Å². The number of rotatable bonds is 5. The van der Waals surface area contributed by atoms with Crippen molar-refractivity contribution in [3.05, 3.63) is 68.0 Å². The summed E-state index contributed by atoms with van der Waals surface area (Å²) < 4.78 is 27.7. The molecule has 0 atom stereocenters. The highest BCUT2D eigenvalue weighted by Gasteiger charge is 2.18. The van der Waals surface area contributed by atoms with Gasteiger partial charge < -0.3 is 4.90 Å². The molecule has 2 heterocycles. The van der Waals surface area contributed by atoms with Crippen molar-refractivity contribution in [1.29, 1.82) is 0 Å². The summed E-state index contributed by atoms with van der Waals surface area (Å²) in [5.74, 6) is 0.119. The van der Waals surface area contributed by atoms with Crippen molar-refractivity contribution in [2.75, 3.05) is 11.9 Å². The van der Waals surface area contributed by atoms with E-state index in [0.29, 0.717) is 10.7 Å². The van der Waals surface area contributed by atoms with Gasteiger partial charge in [0.05, 0.1) is 29.1 Å². The van der Waals surface area contributed by atoms with Crippen LogP contribution >= 0.6 is 34.8 Å². The molecule has 0 aliphatic rings. The Kier molecular flexibility index (Phi) is 5.69. The van der Waals surface area contributed by atoms with Crippen LogP contribution in [0.3, 0.4) is 0 Å². The van der Waals surface area contributed by atoms with Crippen LogP contribution in [0.2, 0.25) is 15.1 Å². The average Bonchev–Trinajstić information content (AvgIpc) is 3.06. The van der Waals surface area contributed by atoms with Crippen molar-refractivity contribution in [3.8, 4) is 5.69 Å². The number of hydrogen-bond acceptors (Lipinski definition) is 4. The first-order valence-corrected chi connectivity index (χ1v) is 8.67. The SMILES string of the molecule is CN(Cc1nccn1C(F)F)c1cnn(-c2ccc(Cl)cc2Cl)c(=O)c1Cl. The Morgan fingerprint density at radius 3 is 2.67 bits per heavy atom. The summed E-state index contributed by atoms with van der Waals surface area (Å²) in [6, 6.07) is 4.58. The fourth-order valence-corrected chi connectivity index (χ4v) is 3.22. The van der Waals surface area contributed by atoms with Crippen molar-refractivity contribution in [2.45, 2.75) is 13.1 Å². The van der Waals surface area contributed by atoms with E-state index in [0.717, 1.165) is 9.25 Å². The van der Waals surface area contributed by atoms with E-state index in [9.17, 15) is 13.6 Å². The molecule has 0 spiro atoms. The molecule has 0 saturated heterocycles. The molecule has 3 rings (SSSR count). The van der Waals surface area contributed by atoms with E-state index >= 15 is 0 Å². The van der Waals surface area contributed by atoms with Crippen LogP contribution in [-0.4, -0.2) is 26.4 Å². The predicted octanol–water partition coefficient (Wildman–Crippen LogP) is 4.42. The Morgan fingerprint density at radius 2 is 2.00 bits per heavy atom. The van der Waals surface area contributed by atoms with Crippen LogP contribution in [0, 0.1) is 0 Å². The lowest BCUT2D eigenvalue weighted by Crippen LogP contribution is -2.27. The molecule has 0 bridgehead atoms. The zero-order valence-corrected chi connectivity index (χ0v) is 16.1. The van der Waals surface area contributed by atoms with Gasteiger partial charge in [0.2, 0.25) is 0 Å². The molecule has 0 saturated carbocycles. The molecule has 0 amide bonds. The molecule has 0 aliphatic carbocycles. The third-order valence-corrected chi connectivity index (χ3v) is 4.68. The van der Waals surface area contributed by atoms with Gasteiger partial charge in [-0.05, 0) is 18.2 Å². The molecule has 11 heteroatoms. The molecular formula is C16H12Cl3F2N5O. The quantitative estimate of drug-likeness (QED) is 0.596. The normalized spacial score (nSPS) is 11.2. The van der Waals surface area contributed by atoms with Gasteiger partial charge in [-0.2, -0.15) is 18.6 Å². The number of alkyl halides is 2. The van der Waals surface area contributed by atoms with Crippen LogP contribution in [0.5, 0.6) is 0 Å². The largest absolute Gasteiger partial charge is 0.364 e. The molecule has 6 nitrogen and oxygen atoms in total. The van der Waals surface area contributed by atoms with Gasteiger partial charge in [0.25, 0.3) is 5.56 Å². The molecule has 142 valence electrons. The number of anilines is 1. The lowest BCUT2D eigenvalue weighted by molar-refractivity contribution is 0.0670. The van der Waals surface area contributed by atoms with Crippen molar-refractivity contribution >= 4 is 40.5 Å². The Balaban J connectivity index is 1.95. The summed E-state index contributed by atoms with van der Waals surface area (Å²) >= 11 is 18.2. The average molecular weight is 435 g/mol. The maximum absolute atomic E-state index is 13.0. The molecule has 2 aromatic heterocycles. The zero-order chi connectivity index (χ0) is 19.7. The van der Waals surface area contributed by atoms with Gasteiger partial charge >= 0.3 is 6.55 Å². The number of benzene rings is 1. The van der Waals surface area contributed by atoms with Gasteiger partial charge in [-0.1, -0.05) is 34.8 Å². The highest BCUT2D eigenvalue weighted by atomic mass is 35.5. The van der Waals surface area contributed by atoms with Crippen LogP contribution in [0.4, 0.5) is 14.5 Å². The van der Waals surface area contributed by atoms with E-state index in [1.54, 1.807) is 13.1 Å². The molecule has 0 N–H and O–H groups in total. The van der Waals surface area contributed by atoms with Gasteiger partial charge in [0.15, 0.2) is 0 Å². The van der Waals surface area contributed by atoms with Crippen molar-refractivity contribution in [3.63, 3.8) is 0 Å². The number of hydrogen-bond donors (Lipinski definition) is 0. The van der Waals surface area contributed by atoms with Crippen LogP contribution < -0.4 is 10.5 Å². The Morgan fingerprint density at radius 1 is 1.26 bits per heavy atom. The van der Waals surface area contributed by atoms with E-state index in [4.69, 9.17) is 34.8 Å². The molecular weight excluding hydrogens is 423 g/mol. The maximum atomic E-state index is 13.0. The van der Waals surface area contributed by atoms with E-state index in [2.05, 4.69) is 10.1 Å². The summed E-state index contributed by atoms with van der Waals surface area (Å²) in [5.41, 5.74) is -0.0235. The first-order chi connectivity index (χ1) is 12.8. The van der Waals surface area contributed by atoms with Crippen LogP contribution in [0.25, 0.3) is 5.69 Å². The highest BCUT2D eigenvalue weighted by molar-refractivity contribution is 6.36. The molecule has 0 fully saturated rings. The molecule has 27 heavy (non-hydrogen) atoms. The fraction of sp³-hybridized carbons (Fsp3) is 0.188. The van der Waals surface area contributed by atoms with Crippen LogP contribution in [-0.2, 0) is 6.54 Å². The molecule has 0 radical (unpaired) electrons. The molecule has 0 aliphatic heterocycles. The highest BCUT2D eigenvalue weighted by Crippen LogP contribution is 2.26. The standard InChI is InChI=1S/C16H12Cl3F2N5O/c1-24(8-13-22-4-5-25(13)16(20)21)12-7-23-26(15(27)14(12)19)11-3-2-9(17)6-10(11)18/h2-7,16H,8H2,1H3. The molecule has 1 aromatic carbocycles. The predicted molar refractivity (Wildman–Crippen MR) is 100 cm³/mol. The molecule has 3 aromatic rings. The second-order valence-corrected chi connectivity index (χ2v) is 6.76. The van der Waals surface area contributed by atoms with Crippen molar-refractivity contribution in [2.24, 2.45) is 0 Å². The third kappa shape index (κ3) is 3.92. The fourth-order valence-electron chi connectivity index (χ4n) is 2.46. The summed E-state index contributed by atoms with van der Waals surface area (Å²) in [5, 5.41) is 4.59. The lowest BCUT2D eigenvalue weighted by Gasteiger charge is -2.20. The Bertz CT molecular complexity index is 1040. The number of halogens is 5. The summed E-state index contributed by atoms with van der Waals surface area (Å²) in [6.45, 7) is -2.71. The number of imidazole rings is 1. The zero-order valence-electron chi connectivity index (χ0n) is 13.8. The van der Waals surface area contributed by atoms with Gasteiger partial charge in [-0.25, -0.2) is 4.98 Å². The topological polar surface area (TPSA) is 56.0 Å². The first kappa shape index (κ1) is 19.6. The second kappa shape index (κ2) is 7.84. The smallest absolute Gasteiger partial charge is 0.319 e. The maximum Gasteiger partial charge on any atom is 0.319 e. The molecule has 0 unspecified atom stereocenters. The van der Waals surface area contributed by atoms with E-state index in [-0.39, 0.29) is 28.1 Å². The minimum Gasteiger partial charge on any atom is -0.364 e. The minimum atomic E-state index is -2.72. The van der Waals surface area contributed by atoms with E-state index < -0.39 is 12.1 Å². The summed E-state index contributed by atoms with van der Waals surface area (Å²) in [7, 11) is 1.59. The van der Waals surface area contributed by atoms with E-state index in [1.807, 2.05) is 0 Å². The summed E-state index contributed by atoms with van der Waals surface area (Å²) in [4.78, 5) is 18.0. The van der Waals surface area contributed by atoms with Crippen LogP contribution in [0.1, 0.15) is 12.4 Å². The monoisotopic (exact) mass is 433 g/mol. The van der Waals surface area contributed by atoms with Gasteiger partial charge in [0, 0.05) is 24.5 Å². The van der Waals surface area contributed by atoms with Crippen molar-refractivity contribution < 1.29 is 8.78 Å². The third-order valence-electron chi connectivity index (χ3n) is 3.79. The second-order valence-electron chi connectivity index (χ2n) is 5.54. The Hall–Kier alpha value is -2.16.